The van der Waals surface area contributed by atoms with Crippen molar-refractivity contribution in [2.45, 2.75) is 71.4 Å². The minimum atomic E-state index is -1.65. The highest BCUT2D eigenvalue weighted by Gasteiger charge is 2.38. The van der Waals surface area contributed by atoms with Gasteiger partial charge in [-0.3, -0.25) is 0 Å². The van der Waals surface area contributed by atoms with Crippen LogP contribution in [0.25, 0.3) is 0 Å². The van der Waals surface area contributed by atoms with Crippen LogP contribution >= 0.6 is 0 Å². The van der Waals surface area contributed by atoms with Gasteiger partial charge in [0.05, 0.1) is 6.10 Å². The van der Waals surface area contributed by atoms with Gasteiger partial charge < -0.3 is 9.53 Å². The highest BCUT2D eigenvalue weighted by molar-refractivity contribution is 6.74. The molecule has 0 aliphatic rings. The van der Waals surface area contributed by atoms with Crippen molar-refractivity contribution in [3.05, 3.63) is 0 Å². The van der Waals surface area contributed by atoms with Gasteiger partial charge in [-0.2, -0.15) is 0 Å². The lowest BCUT2D eigenvalue weighted by molar-refractivity contribution is 0.107. The van der Waals surface area contributed by atoms with Crippen molar-refractivity contribution in [1.29, 1.82) is 0 Å². The molecule has 0 aromatic rings. The molecule has 0 aliphatic heterocycles. The first-order valence-electron chi connectivity index (χ1n) is 5.42. The van der Waals surface area contributed by atoms with Gasteiger partial charge in [-0.15, -0.1) is 0 Å². The average molecular weight is 218 g/mol. The van der Waals surface area contributed by atoms with E-state index in [2.05, 4.69) is 33.9 Å². The Morgan fingerprint density at radius 3 is 1.93 bits per heavy atom. The zero-order chi connectivity index (χ0) is 11.6. The van der Waals surface area contributed by atoms with Crippen molar-refractivity contribution in [3.63, 3.8) is 0 Å². The Hall–Kier alpha value is 0.137. The molecule has 14 heavy (non-hydrogen) atoms. The standard InChI is InChI=1S/C11H26O2Si/c1-9(12)8-10(2)13-14(6,7)11(3,4)5/h9-10,12H,8H2,1-7H3. The van der Waals surface area contributed by atoms with Crippen LogP contribution in [-0.4, -0.2) is 25.6 Å². The van der Waals surface area contributed by atoms with Gasteiger partial charge in [0.15, 0.2) is 8.32 Å². The van der Waals surface area contributed by atoms with E-state index < -0.39 is 8.32 Å². The van der Waals surface area contributed by atoms with Crippen LogP contribution < -0.4 is 0 Å². The summed E-state index contributed by atoms with van der Waals surface area (Å²) >= 11 is 0. The molecule has 0 rings (SSSR count). The van der Waals surface area contributed by atoms with Crippen molar-refractivity contribution in [2.75, 3.05) is 0 Å². The molecule has 0 aliphatic carbocycles. The molecule has 0 saturated heterocycles. The summed E-state index contributed by atoms with van der Waals surface area (Å²) in [6.07, 6.45) is 0.623. The molecule has 0 aromatic carbocycles. The monoisotopic (exact) mass is 218 g/mol. The van der Waals surface area contributed by atoms with Crippen LogP contribution in [0.2, 0.25) is 18.1 Å². The summed E-state index contributed by atoms with van der Waals surface area (Å²) in [5.41, 5.74) is 0. The number of hydrogen-bond donors (Lipinski definition) is 1. The smallest absolute Gasteiger partial charge is 0.192 e. The minimum absolute atomic E-state index is 0.163. The maximum absolute atomic E-state index is 9.26. The van der Waals surface area contributed by atoms with E-state index in [0.29, 0.717) is 0 Å². The van der Waals surface area contributed by atoms with Crippen LogP contribution in [0, 0.1) is 0 Å². The quantitative estimate of drug-likeness (QED) is 0.734. The number of hydrogen-bond acceptors (Lipinski definition) is 2. The van der Waals surface area contributed by atoms with Crippen LogP contribution in [0.3, 0.4) is 0 Å². The zero-order valence-electron chi connectivity index (χ0n) is 10.7. The Morgan fingerprint density at radius 2 is 1.64 bits per heavy atom. The molecule has 2 unspecified atom stereocenters. The zero-order valence-corrected chi connectivity index (χ0v) is 11.7. The maximum atomic E-state index is 9.26. The molecule has 3 heteroatoms. The van der Waals surface area contributed by atoms with Crippen LogP contribution in [0.5, 0.6) is 0 Å². The molecule has 0 fully saturated rings. The van der Waals surface area contributed by atoms with Crippen LogP contribution in [0.1, 0.15) is 41.0 Å². The van der Waals surface area contributed by atoms with Gasteiger partial charge in [0.2, 0.25) is 0 Å². The van der Waals surface area contributed by atoms with Crippen molar-refractivity contribution < 1.29 is 9.53 Å². The van der Waals surface area contributed by atoms with E-state index >= 15 is 0 Å². The third-order valence-corrected chi connectivity index (χ3v) is 7.58. The SMILES string of the molecule is CC(O)CC(C)O[Si](C)(C)C(C)(C)C. The lowest BCUT2D eigenvalue weighted by atomic mass is 10.2. The second-order valence-electron chi connectivity index (χ2n) is 5.77. The third-order valence-electron chi connectivity index (χ3n) is 2.98. The molecule has 0 aromatic heterocycles. The van der Waals surface area contributed by atoms with Gasteiger partial charge in [-0.1, -0.05) is 20.8 Å². The summed E-state index contributed by atoms with van der Waals surface area (Å²) in [6.45, 7) is 15.0. The number of rotatable bonds is 4. The van der Waals surface area contributed by atoms with E-state index in [1.807, 2.05) is 13.8 Å². The topological polar surface area (TPSA) is 29.5 Å². The van der Waals surface area contributed by atoms with E-state index in [1.54, 1.807) is 0 Å². The van der Waals surface area contributed by atoms with E-state index in [-0.39, 0.29) is 17.2 Å². The fourth-order valence-corrected chi connectivity index (χ4v) is 2.66. The summed E-state index contributed by atoms with van der Waals surface area (Å²) in [4.78, 5) is 0. The van der Waals surface area contributed by atoms with Gasteiger partial charge in [0.1, 0.15) is 0 Å². The van der Waals surface area contributed by atoms with E-state index in [0.717, 1.165) is 6.42 Å². The summed E-state index contributed by atoms with van der Waals surface area (Å²) in [6, 6.07) is 0. The lowest BCUT2D eigenvalue weighted by Gasteiger charge is -2.38. The van der Waals surface area contributed by atoms with Crippen molar-refractivity contribution >= 4 is 8.32 Å². The van der Waals surface area contributed by atoms with Crippen molar-refractivity contribution in [2.24, 2.45) is 0 Å². The number of aliphatic hydroxyl groups is 1. The third kappa shape index (κ3) is 4.58. The Kier molecular flexibility index (Phi) is 4.82. The molecule has 0 radical (unpaired) electrons. The van der Waals surface area contributed by atoms with Crippen molar-refractivity contribution in [3.8, 4) is 0 Å². The minimum Gasteiger partial charge on any atom is -0.414 e. The fraction of sp³-hybridized carbons (Fsp3) is 1.00. The van der Waals surface area contributed by atoms with Crippen LogP contribution in [-0.2, 0) is 4.43 Å². The van der Waals surface area contributed by atoms with E-state index in [1.165, 1.54) is 0 Å². The average Bonchev–Trinajstić information content (AvgIpc) is 1.79. The summed E-state index contributed by atoms with van der Waals surface area (Å²) in [5, 5.41) is 9.51. The second kappa shape index (κ2) is 4.77. The Morgan fingerprint density at radius 1 is 1.21 bits per heavy atom. The highest BCUT2D eigenvalue weighted by atomic mass is 28.4. The van der Waals surface area contributed by atoms with Crippen LogP contribution in [0.15, 0.2) is 0 Å². The Bertz CT molecular complexity index is 171. The van der Waals surface area contributed by atoms with Gasteiger partial charge in [0, 0.05) is 6.10 Å². The Labute approximate surface area is 89.8 Å². The highest BCUT2D eigenvalue weighted by Crippen LogP contribution is 2.37. The number of aliphatic hydroxyl groups excluding tert-OH is 1. The Balaban J connectivity index is 4.22. The molecule has 86 valence electrons. The first-order chi connectivity index (χ1) is 6.06. The molecular weight excluding hydrogens is 192 g/mol. The molecular formula is C11H26O2Si. The molecule has 0 heterocycles. The van der Waals surface area contributed by atoms with Gasteiger partial charge in [0.25, 0.3) is 0 Å². The molecule has 0 amide bonds. The molecule has 2 nitrogen and oxygen atoms in total. The predicted octanol–water partition coefficient (Wildman–Crippen LogP) is 3.17. The molecule has 2 atom stereocenters. The predicted molar refractivity (Wildman–Crippen MR) is 64.0 cm³/mol. The first kappa shape index (κ1) is 14.1. The van der Waals surface area contributed by atoms with E-state index in [9.17, 15) is 5.11 Å². The largest absolute Gasteiger partial charge is 0.414 e. The normalized spacial score (nSPS) is 18.0. The summed E-state index contributed by atoms with van der Waals surface area (Å²) < 4.78 is 6.09. The van der Waals surface area contributed by atoms with E-state index in [4.69, 9.17) is 4.43 Å². The van der Waals surface area contributed by atoms with Gasteiger partial charge >= 0.3 is 0 Å². The molecule has 0 spiro atoms. The van der Waals surface area contributed by atoms with Gasteiger partial charge in [-0.05, 0) is 38.4 Å². The van der Waals surface area contributed by atoms with Crippen LogP contribution in [0.4, 0.5) is 0 Å². The summed E-state index contributed by atoms with van der Waals surface area (Å²) in [5.74, 6) is 0. The lowest BCUT2D eigenvalue weighted by Crippen LogP contribution is -2.43. The molecule has 0 saturated carbocycles. The molecule has 0 bridgehead atoms. The second-order valence-corrected chi connectivity index (χ2v) is 10.5. The molecule has 1 N–H and O–H groups in total. The fourth-order valence-electron chi connectivity index (χ4n) is 1.21. The van der Waals surface area contributed by atoms with Crippen molar-refractivity contribution in [1.82, 2.24) is 0 Å². The van der Waals surface area contributed by atoms with Gasteiger partial charge in [-0.25, -0.2) is 0 Å². The maximum Gasteiger partial charge on any atom is 0.192 e. The summed E-state index contributed by atoms with van der Waals surface area (Å²) in [7, 11) is -1.65. The first-order valence-corrected chi connectivity index (χ1v) is 8.33.